The van der Waals surface area contributed by atoms with Crippen LogP contribution in [0, 0.1) is 0 Å². The summed E-state index contributed by atoms with van der Waals surface area (Å²) in [6, 6.07) is 9.64. The second-order valence-corrected chi connectivity index (χ2v) is 4.82. The Morgan fingerprint density at radius 3 is 2.67 bits per heavy atom. The average Bonchev–Trinajstić information content (AvgIpc) is 2.86. The zero-order valence-electron chi connectivity index (χ0n) is 10.9. The van der Waals surface area contributed by atoms with E-state index in [2.05, 4.69) is 10.6 Å². The first kappa shape index (κ1) is 13.4. The van der Waals surface area contributed by atoms with Gasteiger partial charge in [-0.15, -0.1) is 0 Å². The molecule has 1 aliphatic rings. The predicted molar refractivity (Wildman–Crippen MR) is 81.1 cm³/mol. The van der Waals surface area contributed by atoms with E-state index in [4.69, 9.17) is 26.8 Å². The van der Waals surface area contributed by atoms with E-state index in [0.717, 1.165) is 0 Å². The van der Waals surface area contributed by atoms with Gasteiger partial charge in [0, 0.05) is 22.8 Å². The second kappa shape index (κ2) is 5.41. The van der Waals surface area contributed by atoms with E-state index in [9.17, 15) is 4.79 Å². The van der Waals surface area contributed by atoms with Crippen LogP contribution in [0.15, 0.2) is 36.4 Å². The number of urea groups is 1. The highest BCUT2D eigenvalue weighted by atomic mass is 35.5. The summed E-state index contributed by atoms with van der Waals surface area (Å²) in [5, 5.41) is 5.86. The Balaban J connectivity index is 1.73. The molecule has 0 unspecified atom stereocenters. The minimum Gasteiger partial charge on any atom is -0.454 e. The summed E-state index contributed by atoms with van der Waals surface area (Å²) >= 11 is 5.86. The summed E-state index contributed by atoms with van der Waals surface area (Å²) in [6.45, 7) is 0.146. The van der Waals surface area contributed by atoms with E-state index >= 15 is 0 Å². The molecule has 0 spiro atoms. The smallest absolute Gasteiger partial charge is 0.323 e. The maximum atomic E-state index is 12.0. The molecule has 2 aromatic rings. The first-order chi connectivity index (χ1) is 10.1. The van der Waals surface area contributed by atoms with E-state index in [0.29, 0.717) is 33.6 Å². The van der Waals surface area contributed by atoms with Crippen molar-refractivity contribution in [1.82, 2.24) is 0 Å². The molecule has 108 valence electrons. The van der Waals surface area contributed by atoms with Gasteiger partial charge in [-0.25, -0.2) is 4.79 Å². The van der Waals surface area contributed by atoms with Crippen LogP contribution in [0.5, 0.6) is 11.5 Å². The van der Waals surface area contributed by atoms with Crippen molar-refractivity contribution in [3.63, 3.8) is 0 Å². The van der Waals surface area contributed by atoms with Crippen LogP contribution in [0.3, 0.4) is 0 Å². The fourth-order valence-electron chi connectivity index (χ4n) is 1.92. The van der Waals surface area contributed by atoms with Gasteiger partial charge in [-0.05, 0) is 18.2 Å². The van der Waals surface area contributed by atoms with Crippen molar-refractivity contribution in [2.24, 2.45) is 0 Å². The molecule has 3 rings (SSSR count). The van der Waals surface area contributed by atoms with E-state index in [1.807, 2.05) is 0 Å². The lowest BCUT2D eigenvalue weighted by Crippen LogP contribution is -2.20. The Labute approximate surface area is 125 Å². The molecule has 7 heteroatoms. The second-order valence-electron chi connectivity index (χ2n) is 4.38. The van der Waals surface area contributed by atoms with Gasteiger partial charge in [0.15, 0.2) is 11.5 Å². The zero-order chi connectivity index (χ0) is 14.8. The highest BCUT2D eigenvalue weighted by Crippen LogP contribution is 2.38. The SMILES string of the molecule is Nc1cc2c(cc1NC(=O)Nc1cccc(Cl)c1)OCO2. The number of amides is 2. The van der Waals surface area contributed by atoms with Crippen LogP contribution in [0.25, 0.3) is 0 Å². The average molecular weight is 306 g/mol. The molecule has 0 saturated heterocycles. The molecule has 1 aliphatic heterocycles. The highest BCUT2D eigenvalue weighted by molar-refractivity contribution is 6.30. The molecule has 0 fully saturated rings. The third kappa shape index (κ3) is 2.95. The number of nitrogens with two attached hydrogens (primary N) is 1. The van der Waals surface area contributed by atoms with Crippen molar-refractivity contribution >= 4 is 34.7 Å². The Morgan fingerprint density at radius 2 is 1.90 bits per heavy atom. The standard InChI is InChI=1S/C14H12ClN3O3/c15-8-2-1-3-9(4-8)17-14(19)18-11-6-13-12(5-10(11)16)20-7-21-13/h1-6H,7,16H2,(H2,17,18,19). The third-order valence-electron chi connectivity index (χ3n) is 2.88. The lowest BCUT2D eigenvalue weighted by atomic mass is 10.2. The topological polar surface area (TPSA) is 85.6 Å². The minimum absolute atomic E-state index is 0.146. The van der Waals surface area contributed by atoms with E-state index in [-0.39, 0.29) is 6.79 Å². The molecule has 2 amide bonds. The monoisotopic (exact) mass is 305 g/mol. The molecular formula is C14H12ClN3O3. The molecule has 21 heavy (non-hydrogen) atoms. The van der Waals surface area contributed by atoms with Crippen LogP contribution in [0.1, 0.15) is 0 Å². The Kier molecular flexibility index (Phi) is 3.45. The molecule has 2 aromatic carbocycles. The van der Waals surface area contributed by atoms with E-state index < -0.39 is 6.03 Å². The van der Waals surface area contributed by atoms with Gasteiger partial charge in [-0.2, -0.15) is 0 Å². The van der Waals surface area contributed by atoms with Crippen molar-refractivity contribution in [1.29, 1.82) is 0 Å². The van der Waals surface area contributed by atoms with Gasteiger partial charge in [-0.3, -0.25) is 0 Å². The number of halogens is 1. The summed E-state index contributed by atoms with van der Waals surface area (Å²) < 4.78 is 10.4. The molecule has 0 radical (unpaired) electrons. The van der Waals surface area contributed by atoms with Crippen LogP contribution in [-0.4, -0.2) is 12.8 Å². The summed E-state index contributed by atoms with van der Waals surface area (Å²) in [5.41, 5.74) is 7.28. The van der Waals surface area contributed by atoms with Gasteiger partial charge >= 0.3 is 6.03 Å². The first-order valence-corrected chi connectivity index (χ1v) is 6.52. The van der Waals surface area contributed by atoms with Crippen molar-refractivity contribution in [2.75, 3.05) is 23.2 Å². The molecule has 0 atom stereocenters. The van der Waals surface area contributed by atoms with Crippen LogP contribution in [-0.2, 0) is 0 Å². The van der Waals surface area contributed by atoms with Crippen molar-refractivity contribution in [3.05, 3.63) is 41.4 Å². The van der Waals surface area contributed by atoms with Crippen molar-refractivity contribution < 1.29 is 14.3 Å². The summed E-state index contributed by atoms with van der Waals surface area (Å²) in [5.74, 6) is 1.11. The summed E-state index contributed by atoms with van der Waals surface area (Å²) in [4.78, 5) is 12.0. The van der Waals surface area contributed by atoms with Crippen LogP contribution in [0.4, 0.5) is 21.9 Å². The van der Waals surface area contributed by atoms with Crippen LogP contribution >= 0.6 is 11.6 Å². The lowest BCUT2D eigenvalue weighted by molar-refractivity contribution is 0.174. The largest absolute Gasteiger partial charge is 0.454 e. The maximum Gasteiger partial charge on any atom is 0.323 e. The molecule has 4 N–H and O–H groups in total. The molecule has 0 aliphatic carbocycles. The van der Waals surface area contributed by atoms with Gasteiger partial charge in [0.1, 0.15) is 0 Å². The zero-order valence-corrected chi connectivity index (χ0v) is 11.6. The van der Waals surface area contributed by atoms with Gasteiger partial charge in [0.05, 0.1) is 11.4 Å². The highest BCUT2D eigenvalue weighted by Gasteiger charge is 2.17. The molecular weight excluding hydrogens is 294 g/mol. The number of rotatable bonds is 2. The van der Waals surface area contributed by atoms with Gasteiger partial charge in [0.25, 0.3) is 0 Å². The number of anilines is 3. The van der Waals surface area contributed by atoms with Gasteiger partial charge in [-0.1, -0.05) is 17.7 Å². The number of nitrogens with one attached hydrogen (secondary N) is 2. The van der Waals surface area contributed by atoms with Crippen LogP contribution < -0.4 is 25.8 Å². The Bertz CT molecular complexity index is 706. The maximum absolute atomic E-state index is 12.0. The fraction of sp³-hybridized carbons (Fsp3) is 0.0714. The molecule has 1 heterocycles. The van der Waals surface area contributed by atoms with Crippen LogP contribution in [0.2, 0.25) is 5.02 Å². The number of ether oxygens (including phenoxy) is 2. The molecule has 0 aromatic heterocycles. The van der Waals surface area contributed by atoms with Crippen molar-refractivity contribution in [3.8, 4) is 11.5 Å². The molecule has 6 nitrogen and oxygen atoms in total. The number of carbonyl (C=O) groups excluding carboxylic acids is 1. The molecule has 0 bridgehead atoms. The Morgan fingerprint density at radius 1 is 1.14 bits per heavy atom. The van der Waals surface area contributed by atoms with Crippen molar-refractivity contribution in [2.45, 2.75) is 0 Å². The van der Waals surface area contributed by atoms with Gasteiger partial charge in [0.2, 0.25) is 6.79 Å². The first-order valence-electron chi connectivity index (χ1n) is 6.14. The number of fused-ring (bicyclic) bond motifs is 1. The number of carbonyl (C=O) groups is 1. The minimum atomic E-state index is -0.428. The fourth-order valence-corrected chi connectivity index (χ4v) is 2.11. The predicted octanol–water partition coefficient (Wildman–Crippen LogP) is 3.29. The number of nitrogen functional groups attached to an aromatic ring is 1. The number of benzene rings is 2. The quantitative estimate of drug-likeness (QED) is 0.743. The summed E-state index contributed by atoms with van der Waals surface area (Å²) in [7, 11) is 0. The third-order valence-corrected chi connectivity index (χ3v) is 3.11. The lowest BCUT2D eigenvalue weighted by Gasteiger charge is -2.10. The van der Waals surface area contributed by atoms with E-state index in [1.165, 1.54) is 0 Å². The number of hydrogen-bond donors (Lipinski definition) is 3. The molecule has 0 saturated carbocycles. The normalized spacial score (nSPS) is 12.0. The van der Waals surface area contributed by atoms with E-state index in [1.54, 1.807) is 36.4 Å². The van der Waals surface area contributed by atoms with Gasteiger partial charge < -0.3 is 25.8 Å². The summed E-state index contributed by atoms with van der Waals surface area (Å²) in [6.07, 6.45) is 0. The number of hydrogen-bond acceptors (Lipinski definition) is 4. The Hall–Kier alpha value is -2.60.